The zero-order chi connectivity index (χ0) is 16.7. The number of hydrogen-bond donors (Lipinski definition) is 1. The third-order valence-electron chi connectivity index (χ3n) is 4.73. The van der Waals surface area contributed by atoms with Crippen molar-refractivity contribution < 1.29 is 9.59 Å². The fourth-order valence-corrected chi connectivity index (χ4v) is 3.35. The zero-order valence-electron chi connectivity index (χ0n) is 13.5. The normalized spacial score (nSPS) is 22.3. The van der Waals surface area contributed by atoms with Gasteiger partial charge in [-0.1, -0.05) is 36.7 Å². The first-order valence-corrected chi connectivity index (χ1v) is 8.16. The maximum atomic E-state index is 12.9. The molecule has 2 heterocycles. The van der Waals surface area contributed by atoms with Gasteiger partial charge in [-0.25, -0.2) is 4.79 Å². The fraction of sp³-hybridized carbons (Fsp3) is 0.412. The Hall–Kier alpha value is -2.01. The minimum Gasteiger partial charge on any atom is -0.330 e. The Morgan fingerprint density at radius 2 is 2.04 bits per heavy atom. The quantitative estimate of drug-likeness (QED) is 0.924. The van der Waals surface area contributed by atoms with E-state index in [0.717, 1.165) is 17.7 Å². The van der Waals surface area contributed by atoms with Crippen LogP contribution in [0.15, 0.2) is 35.5 Å². The molecule has 0 saturated heterocycles. The van der Waals surface area contributed by atoms with Gasteiger partial charge in [0.15, 0.2) is 0 Å². The molecule has 0 bridgehead atoms. The van der Waals surface area contributed by atoms with Crippen molar-refractivity contribution in [3.05, 3.63) is 46.1 Å². The van der Waals surface area contributed by atoms with E-state index in [9.17, 15) is 9.59 Å². The molecular weight excluding hydrogens is 314 g/mol. The summed E-state index contributed by atoms with van der Waals surface area (Å²) >= 11 is 6.29. The summed E-state index contributed by atoms with van der Waals surface area (Å²) in [7, 11) is 1.70. The summed E-state index contributed by atoms with van der Waals surface area (Å²) in [6.07, 6.45) is 0.869. The van der Waals surface area contributed by atoms with E-state index < -0.39 is 6.04 Å². The molecule has 122 valence electrons. The van der Waals surface area contributed by atoms with Gasteiger partial charge in [0, 0.05) is 18.1 Å². The molecule has 2 aliphatic heterocycles. The lowest BCUT2D eigenvalue weighted by atomic mass is 9.95. The number of carbonyl (C=O) groups is 2. The molecule has 0 saturated carbocycles. The molecule has 23 heavy (non-hydrogen) atoms. The predicted octanol–water partition coefficient (Wildman–Crippen LogP) is 2.93. The van der Waals surface area contributed by atoms with Gasteiger partial charge in [0.25, 0.3) is 5.91 Å². The molecule has 0 aliphatic carbocycles. The fourth-order valence-electron chi connectivity index (χ4n) is 3.11. The second-order valence-corrected chi connectivity index (χ2v) is 6.42. The molecule has 1 aromatic carbocycles. The molecule has 0 aromatic heterocycles. The van der Waals surface area contributed by atoms with Gasteiger partial charge in [-0.3, -0.25) is 9.69 Å². The molecule has 1 N–H and O–H groups in total. The van der Waals surface area contributed by atoms with Crippen molar-refractivity contribution in [2.45, 2.75) is 32.4 Å². The number of halogens is 1. The van der Waals surface area contributed by atoms with Gasteiger partial charge in [0.2, 0.25) is 0 Å². The number of nitrogens with one attached hydrogen (secondary N) is 1. The summed E-state index contributed by atoms with van der Waals surface area (Å²) in [6.45, 7) is 4.54. The van der Waals surface area contributed by atoms with Gasteiger partial charge in [0.1, 0.15) is 0 Å². The number of rotatable bonds is 3. The molecule has 0 spiro atoms. The number of benzene rings is 1. The van der Waals surface area contributed by atoms with Crippen LogP contribution in [0.2, 0.25) is 5.02 Å². The van der Waals surface area contributed by atoms with Gasteiger partial charge < -0.3 is 10.2 Å². The van der Waals surface area contributed by atoms with E-state index in [1.807, 2.05) is 36.9 Å². The molecule has 0 radical (unpaired) electrons. The van der Waals surface area contributed by atoms with Crippen LogP contribution in [0.4, 0.5) is 4.79 Å². The lowest BCUT2D eigenvalue weighted by molar-refractivity contribution is -0.127. The standard InChI is InChI=1S/C17H20ClN3O2/c1-4-10(2)21-9-13-14(16(21)22)15(19-17(23)20(13)3)11-7-5-6-8-12(11)18/h5-8,10,15H,4,9H2,1-3H3,(H,19,23)/t10-,15+/m0/s1. The van der Waals surface area contributed by atoms with Crippen molar-refractivity contribution in [3.63, 3.8) is 0 Å². The van der Waals surface area contributed by atoms with Crippen molar-refractivity contribution in [3.8, 4) is 0 Å². The van der Waals surface area contributed by atoms with Crippen LogP contribution in [0.3, 0.4) is 0 Å². The van der Waals surface area contributed by atoms with Gasteiger partial charge in [0.05, 0.1) is 23.9 Å². The second kappa shape index (κ2) is 5.89. The summed E-state index contributed by atoms with van der Waals surface area (Å²) in [6, 6.07) is 6.73. The number of nitrogens with zero attached hydrogens (tertiary/aromatic N) is 2. The summed E-state index contributed by atoms with van der Waals surface area (Å²) in [5.41, 5.74) is 2.15. The van der Waals surface area contributed by atoms with Crippen LogP contribution in [0.5, 0.6) is 0 Å². The maximum absolute atomic E-state index is 12.9. The number of hydrogen-bond acceptors (Lipinski definition) is 2. The predicted molar refractivity (Wildman–Crippen MR) is 89.0 cm³/mol. The Labute approximate surface area is 140 Å². The summed E-state index contributed by atoms with van der Waals surface area (Å²) in [4.78, 5) is 28.6. The van der Waals surface area contributed by atoms with Crippen LogP contribution >= 0.6 is 11.6 Å². The third kappa shape index (κ3) is 2.49. The molecule has 2 atom stereocenters. The molecule has 0 unspecified atom stereocenters. The Morgan fingerprint density at radius 1 is 1.35 bits per heavy atom. The Balaban J connectivity index is 2.07. The lowest BCUT2D eigenvalue weighted by Gasteiger charge is -2.31. The van der Waals surface area contributed by atoms with E-state index in [0.29, 0.717) is 17.1 Å². The largest absolute Gasteiger partial charge is 0.330 e. The topological polar surface area (TPSA) is 52.7 Å². The first-order valence-electron chi connectivity index (χ1n) is 7.78. The van der Waals surface area contributed by atoms with Crippen molar-refractivity contribution >= 4 is 23.5 Å². The van der Waals surface area contributed by atoms with Crippen LogP contribution in [0.1, 0.15) is 31.9 Å². The highest BCUT2D eigenvalue weighted by Gasteiger charge is 2.44. The number of likely N-dealkylation sites (N-methyl/N-ethyl adjacent to an activating group) is 1. The summed E-state index contributed by atoms with van der Waals surface area (Å²) in [5, 5.41) is 3.45. The Kier molecular flexibility index (Phi) is 4.06. The number of urea groups is 1. The first kappa shape index (κ1) is 15.9. The average molecular weight is 334 g/mol. The molecule has 3 rings (SSSR count). The monoisotopic (exact) mass is 333 g/mol. The molecule has 1 aromatic rings. The third-order valence-corrected chi connectivity index (χ3v) is 5.07. The van der Waals surface area contributed by atoms with Crippen LogP contribution in [0.25, 0.3) is 0 Å². The molecule has 3 amide bonds. The van der Waals surface area contributed by atoms with E-state index in [1.54, 1.807) is 13.1 Å². The van der Waals surface area contributed by atoms with Gasteiger partial charge in [-0.05, 0) is 25.0 Å². The van der Waals surface area contributed by atoms with E-state index in [2.05, 4.69) is 5.32 Å². The van der Waals surface area contributed by atoms with Gasteiger partial charge in [-0.2, -0.15) is 0 Å². The highest BCUT2D eigenvalue weighted by atomic mass is 35.5. The number of amides is 3. The highest BCUT2D eigenvalue weighted by Crippen LogP contribution is 2.38. The van der Waals surface area contributed by atoms with Gasteiger partial charge >= 0.3 is 6.03 Å². The Bertz CT molecular complexity index is 701. The maximum Gasteiger partial charge on any atom is 0.322 e. The highest BCUT2D eigenvalue weighted by molar-refractivity contribution is 6.31. The van der Waals surface area contributed by atoms with E-state index in [1.165, 1.54) is 4.90 Å². The van der Waals surface area contributed by atoms with E-state index >= 15 is 0 Å². The SMILES string of the molecule is CC[C@H](C)N1CC2=C(C1=O)[C@@H](c1ccccc1Cl)NC(=O)N2C. The molecule has 6 heteroatoms. The van der Waals surface area contributed by atoms with Crippen LogP contribution in [-0.4, -0.2) is 41.4 Å². The minimum absolute atomic E-state index is 0.0221. The molecular formula is C17H20ClN3O2. The van der Waals surface area contributed by atoms with Crippen molar-refractivity contribution in [1.29, 1.82) is 0 Å². The minimum atomic E-state index is -0.496. The second-order valence-electron chi connectivity index (χ2n) is 6.01. The average Bonchev–Trinajstić information content (AvgIpc) is 2.89. The number of carbonyl (C=O) groups excluding carboxylic acids is 2. The van der Waals surface area contributed by atoms with Crippen molar-refractivity contribution in [1.82, 2.24) is 15.1 Å². The van der Waals surface area contributed by atoms with Crippen LogP contribution in [0, 0.1) is 0 Å². The van der Waals surface area contributed by atoms with Crippen LogP contribution in [-0.2, 0) is 4.79 Å². The summed E-state index contributed by atoms with van der Waals surface area (Å²) in [5.74, 6) is -0.0221. The smallest absolute Gasteiger partial charge is 0.322 e. The zero-order valence-corrected chi connectivity index (χ0v) is 14.2. The van der Waals surface area contributed by atoms with Gasteiger partial charge in [-0.15, -0.1) is 0 Å². The lowest BCUT2D eigenvalue weighted by Crippen LogP contribution is -2.45. The van der Waals surface area contributed by atoms with Crippen LogP contribution < -0.4 is 5.32 Å². The van der Waals surface area contributed by atoms with E-state index in [4.69, 9.17) is 11.6 Å². The first-order chi connectivity index (χ1) is 11.0. The van der Waals surface area contributed by atoms with Crippen molar-refractivity contribution in [2.24, 2.45) is 0 Å². The molecule has 5 nitrogen and oxygen atoms in total. The summed E-state index contributed by atoms with van der Waals surface area (Å²) < 4.78 is 0. The molecule has 0 fully saturated rings. The molecule has 2 aliphatic rings. The van der Waals surface area contributed by atoms with E-state index in [-0.39, 0.29) is 18.0 Å². The van der Waals surface area contributed by atoms with Crippen molar-refractivity contribution in [2.75, 3.05) is 13.6 Å². The Morgan fingerprint density at radius 3 is 2.70 bits per heavy atom.